The lowest BCUT2D eigenvalue weighted by molar-refractivity contribution is -0.145. The topological polar surface area (TPSA) is 280 Å². The van der Waals surface area contributed by atoms with Crippen LogP contribution in [0.5, 0.6) is 5.75 Å². The third-order valence-corrected chi connectivity index (χ3v) is 9.69. The molecule has 3 aliphatic heterocycles. The number of rotatable bonds is 15. The molecule has 0 aliphatic carbocycles. The molecule has 0 bridgehead atoms. The van der Waals surface area contributed by atoms with Crippen molar-refractivity contribution < 1.29 is 51.2 Å². The number of β-lactam (4-membered cyclic amide) rings is 1. The Labute approximate surface area is 314 Å². The molecule has 7 N–H and O–H groups in total. The lowest BCUT2D eigenvalue weighted by Crippen LogP contribution is -2.74. The van der Waals surface area contributed by atoms with E-state index in [1.165, 1.54) is 5.38 Å². The summed E-state index contributed by atoms with van der Waals surface area (Å²) in [5.74, 6) is -1.28. The number of alkyl carbamates (subject to hydrolysis) is 1. The van der Waals surface area contributed by atoms with Crippen LogP contribution in [0.1, 0.15) is 44.0 Å². The molecule has 5 rings (SSSR count). The van der Waals surface area contributed by atoms with Crippen LogP contribution in [0.15, 0.2) is 28.7 Å². The van der Waals surface area contributed by atoms with Crippen LogP contribution in [0, 0.1) is 5.41 Å². The summed E-state index contributed by atoms with van der Waals surface area (Å²) in [6, 6.07) is 2.78. The predicted octanol–water partition coefficient (Wildman–Crippen LogP) is 0.230. The summed E-state index contributed by atoms with van der Waals surface area (Å²) < 4.78 is 49.4. The molecule has 0 unspecified atom stereocenters. The number of anilines is 1. The van der Waals surface area contributed by atoms with Crippen molar-refractivity contribution in [2.45, 2.75) is 58.0 Å². The lowest BCUT2D eigenvalue weighted by atomic mass is 9.97. The number of thiazole rings is 1. The molecule has 21 nitrogen and oxygen atoms in total. The van der Waals surface area contributed by atoms with E-state index in [2.05, 4.69) is 26.1 Å². The van der Waals surface area contributed by atoms with Gasteiger partial charge in [0.25, 0.3) is 11.8 Å². The highest BCUT2D eigenvalue weighted by molar-refractivity contribution is 7.84. The normalized spacial score (nSPS) is 18.4. The maximum atomic E-state index is 13.4. The van der Waals surface area contributed by atoms with Crippen LogP contribution in [0.4, 0.5) is 14.7 Å². The number of oxime groups is 1. The third-order valence-electron chi connectivity index (χ3n) is 8.07. The number of ether oxygens (including phenoxy) is 3. The number of guanidine groups is 1. The molecule has 3 aliphatic rings. The zero-order valence-corrected chi connectivity index (χ0v) is 31.3. The Hall–Kier alpha value is -5.42. The Morgan fingerprint density at radius 2 is 1.91 bits per heavy atom. The average molecular weight is 795 g/mol. The fourth-order valence-corrected chi connectivity index (χ4v) is 7.03. The van der Waals surface area contributed by atoms with Gasteiger partial charge < -0.3 is 50.5 Å². The maximum Gasteiger partial charge on any atom is 0.410 e. The first kappa shape index (κ1) is 39.8. The number of nitrogens with zero attached hydrogens (tertiary/aromatic N) is 5. The molecule has 2 atom stereocenters. The molecular formula is C31H42N10O11S2. The molecule has 4 amide bonds. The molecule has 2 fully saturated rings. The van der Waals surface area contributed by atoms with Crippen LogP contribution in [0.25, 0.3) is 0 Å². The Bertz CT molecular complexity index is 1900. The number of fused-ring (bicyclic) bond motifs is 1. The zero-order chi connectivity index (χ0) is 39.2. The average Bonchev–Trinajstić information content (AvgIpc) is 3.82. The first-order chi connectivity index (χ1) is 25.5. The minimum Gasteiger partial charge on any atom is -0.490 e. The molecule has 0 spiro atoms. The van der Waals surface area contributed by atoms with Crippen LogP contribution >= 0.6 is 11.3 Å². The molecule has 2 saturated heterocycles. The number of benzene rings is 1. The van der Waals surface area contributed by atoms with Gasteiger partial charge >= 0.3 is 22.5 Å². The second-order valence-electron chi connectivity index (χ2n) is 13.2. The fraction of sp³-hybridized carbons (Fsp3) is 0.516. The van der Waals surface area contributed by atoms with Gasteiger partial charge in [-0.1, -0.05) is 11.2 Å². The highest BCUT2D eigenvalue weighted by atomic mass is 32.2. The minimum atomic E-state index is -5.00. The molecule has 1 aromatic heterocycles. The summed E-state index contributed by atoms with van der Waals surface area (Å²) in [7, 11) is -5.00. The third kappa shape index (κ3) is 10.2. The highest BCUT2D eigenvalue weighted by Crippen LogP contribution is 2.28. The first-order valence-corrected chi connectivity index (χ1v) is 19.0. The van der Waals surface area contributed by atoms with Crippen molar-refractivity contribution in [1.29, 1.82) is 5.41 Å². The van der Waals surface area contributed by atoms with Crippen molar-refractivity contribution in [2.75, 3.05) is 51.7 Å². The summed E-state index contributed by atoms with van der Waals surface area (Å²) in [6.45, 7) is 7.02. The van der Waals surface area contributed by atoms with Gasteiger partial charge in [0.1, 0.15) is 36.3 Å². The van der Waals surface area contributed by atoms with E-state index in [4.69, 9.17) is 30.2 Å². The molecule has 0 saturated carbocycles. The number of cyclic esters (lactones) is 1. The van der Waals surface area contributed by atoms with Crippen LogP contribution < -0.4 is 26.4 Å². The minimum absolute atomic E-state index is 0.0211. The van der Waals surface area contributed by atoms with E-state index in [0.29, 0.717) is 38.3 Å². The monoisotopic (exact) mass is 794 g/mol. The van der Waals surface area contributed by atoms with Crippen molar-refractivity contribution in [2.24, 2.45) is 5.16 Å². The Balaban J connectivity index is 1.10. The van der Waals surface area contributed by atoms with E-state index < -0.39 is 52.0 Å². The van der Waals surface area contributed by atoms with Gasteiger partial charge in [-0.05, 0) is 50.5 Å². The zero-order valence-electron chi connectivity index (χ0n) is 29.7. The summed E-state index contributed by atoms with van der Waals surface area (Å²) in [4.78, 5) is 62.3. The predicted molar refractivity (Wildman–Crippen MR) is 192 cm³/mol. The van der Waals surface area contributed by atoms with Crippen molar-refractivity contribution in [1.82, 2.24) is 35.0 Å². The molecular weight excluding hydrogens is 753 g/mol. The smallest absolute Gasteiger partial charge is 0.410 e. The van der Waals surface area contributed by atoms with Crippen molar-refractivity contribution in [3.05, 3.63) is 40.4 Å². The van der Waals surface area contributed by atoms with Gasteiger partial charge in [-0.2, -0.15) is 8.42 Å². The number of nitrogens with two attached hydrogens (primary N) is 1. The van der Waals surface area contributed by atoms with Gasteiger partial charge in [0.15, 0.2) is 23.4 Å². The number of hydrogen-bond acceptors (Lipinski definition) is 15. The quantitative estimate of drug-likeness (QED) is 0.0352. The summed E-state index contributed by atoms with van der Waals surface area (Å²) in [5, 5.41) is 22.0. The molecule has 54 heavy (non-hydrogen) atoms. The van der Waals surface area contributed by atoms with Gasteiger partial charge in [-0.25, -0.2) is 18.9 Å². The second kappa shape index (κ2) is 16.7. The van der Waals surface area contributed by atoms with E-state index in [0.717, 1.165) is 27.4 Å². The number of carbonyl (C=O) groups is 4. The van der Waals surface area contributed by atoms with E-state index >= 15 is 0 Å². The fourth-order valence-electron chi connectivity index (χ4n) is 5.61. The van der Waals surface area contributed by atoms with Gasteiger partial charge in [0, 0.05) is 38.1 Å². The van der Waals surface area contributed by atoms with Crippen molar-refractivity contribution >= 4 is 62.4 Å². The molecule has 1 aromatic carbocycles. The number of nitrogen functional groups attached to an aromatic ring is 1. The summed E-state index contributed by atoms with van der Waals surface area (Å²) in [6.07, 6.45) is -0.620. The van der Waals surface area contributed by atoms with Gasteiger partial charge in [-0.15, -0.1) is 11.3 Å². The molecule has 2 aromatic rings. The van der Waals surface area contributed by atoms with E-state index in [-0.39, 0.29) is 59.7 Å². The molecule has 294 valence electrons. The lowest BCUT2D eigenvalue weighted by Gasteiger charge is -2.45. The van der Waals surface area contributed by atoms with Crippen LogP contribution in [-0.4, -0.2) is 131 Å². The SMILES string of the molecule is CC(C)(C)OC(=O)NCCCNC(=N)N1Cc2ccc(OCCO/N=C(\C(=O)N[C@@H]3C(=O)N(S(=O)(=O)O)[C@@H]3CN3CCOC3=O)c3csc(N)n3)cc2C1. The highest BCUT2D eigenvalue weighted by Gasteiger charge is 2.55. The molecule has 0 radical (unpaired) electrons. The number of hydrogen-bond donors (Lipinski definition) is 6. The number of nitrogens with one attached hydrogen (secondary N) is 4. The number of amides is 4. The molecule has 23 heteroatoms. The van der Waals surface area contributed by atoms with E-state index in [1.54, 1.807) is 26.8 Å². The van der Waals surface area contributed by atoms with Gasteiger partial charge in [0.05, 0.1) is 12.6 Å². The number of aromatic nitrogens is 1. The summed E-state index contributed by atoms with van der Waals surface area (Å²) >= 11 is 1.02. The van der Waals surface area contributed by atoms with Crippen LogP contribution in [0.3, 0.4) is 0 Å². The van der Waals surface area contributed by atoms with Gasteiger partial charge in [-0.3, -0.25) is 19.6 Å². The van der Waals surface area contributed by atoms with Gasteiger partial charge in [0.2, 0.25) is 0 Å². The second-order valence-corrected chi connectivity index (χ2v) is 15.4. The number of carbonyl (C=O) groups excluding carboxylic acids is 4. The Morgan fingerprint density at radius 1 is 1.17 bits per heavy atom. The van der Waals surface area contributed by atoms with Crippen LogP contribution in [0.2, 0.25) is 0 Å². The van der Waals surface area contributed by atoms with Crippen LogP contribution in [-0.2, 0) is 47.3 Å². The van der Waals surface area contributed by atoms with Crippen molar-refractivity contribution in [3.8, 4) is 5.75 Å². The Kier molecular flexibility index (Phi) is 12.3. The van der Waals surface area contributed by atoms with E-state index in [9.17, 15) is 32.1 Å². The standard InChI is InChI=1S/C31H42N10O11S2/c1-31(2,3)52-29(44)35-8-4-7-34-27(32)40-14-18-5-6-20(13-19(18)15-40)49-11-12-51-38-23(21-17-53-28(33)36-21)25(42)37-24-22(16-39-9-10-50-30(39)45)41(26(24)43)54(46,47)48/h5-6,13,17,22,24H,4,7-12,14-16H2,1-3H3,(H2,32,34)(H2,33,36)(H,35,44)(H,37,42)(H,46,47,48)/b38-23-/t22-,24+/m1/s1. The first-order valence-electron chi connectivity index (χ1n) is 16.7. The Morgan fingerprint density at radius 3 is 2.57 bits per heavy atom. The van der Waals surface area contributed by atoms with Crippen molar-refractivity contribution in [3.63, 3.8) is 0 Å². The summed E-state index contributed by atoms with van der Waals surface area (Å²) in [5.41, 5.74) is 6.84. The molecule has 4 heterocycles. The maximum absolute atomic E-state index is 13.4. The van der Waals surface area contributed by atoms with E-state index in [1.807, 2.05) is 17.0 Å². The largest absolute Gasteiger partial charge is 0.490 e.